The number of nitrogens with one attached hydrogen (secondary N) is 1. The Hall–Kier alpha value is -2.74. The molecule has 0 fully saturated rings. The Morgan fingerprint density at radius 1 is 1.00 bits per heavy atom. The smallest absolute Gasteiger partial charge is 0.264 e. The highest BCUT2D eigenvalue weighted by atomic mass is 32.2. The van der Waals surface area contributed by atoms with Crippen LogP contribution >= 0.6 is 0 Å². The fraction of sp³-hybridized carbons (Fsp3) is 0.381. The summed E-state index contributed by atoms with van der Waals surface area (Å²) in [5, 5.41) is 2.75. The minimum Gasteiger partial charge on any atom is -0.493 e. The zero-order chi connectivity index (χ0) is 21.8. The van der Waals surface area contributed by atoms with Crippen LogP contribution in [0.2, 0.25) is 0 Å². The molecule has 2 rings (SSSR count). The summed E-state index contributed by atoms with van der Waals surface area (Å²) < 4.78 is 38.5. The zero-order valence-electron chi connectivity index (χ0n) is 17.6. The Morgan fingerprint density at radius 2 is 1.59 bits per heavy atom. The number of aryl methyl sites for hydroxylation is 2. The first kappa shape index (κ1) is 22.5. The molecule has 29 heavy (non-hydrogen) atoms. The summed E-state index contributed by atoms with van der Waals surface area (Å²) in [4.78, 5) is 12.5. The minimum atomic E-state index is -4.04. The predicted octanol–water partition coefficient (Wildman–Crippen LogP) is 3.04. The van der Waals surface area contributed by atoms with Gasteiger partial charge in [-0.2, -0.15) is 0 Å². The first-order valence-electron chi connectivity index (χ1n) is 9.21. The van der Waals surface area contributed by atoms with Gasteiger partial charge in [-0.05, 0) is 63.1 Å². The second kappa shape index (κ2) is 9.17. The van der Waals surface area contributed by atoms with E-state index in [1.54, 1.807) is 12.1 Å². The van der Waals surface area contributed by atoms with E-state index in [1.165, 1.54) is 32.4 Å². The van der Waals surface area contributed by atoms with Crippen molar-refractivity contribution in [3.8, 4) is 11.5 Å². The molecule has 0 unspecified atom stereocenters. The third kappa shape index (κ3) is 5.41. The molecule has 0 heterocycles. The number of benzene rings is 2. The van der Waals surface area contributed by atoms with Gasteiger partial charge in [0, 0.05) is 12.1 Å². The largest absolute Gasteiger partial charge is 0.493 e. The van der Waals surface area contributed by atoms with E-state index in [0.717, 1.165) is 15.4 Å². The van der Waals surface area contributed by atoms with Crippen molar-refractivity contribution in [2.24, 2.45) is 0 Å². The summed E-state index contributed by atoms with van der Waals surface area (Å²) in [5.41, 5.74) is 2.23. The molecule has 0 bridgehead atoms. The SMILES string of the molecule is COc1ccc(S(=O)(=O)N(CC(=O)NC(C)C)c2cc(C)cc(C)c2)cc1OC. The number of methoxy groups -OCH3 is 2. The second-order valence-electron chi connectivity index (χ2n) is 7.10. The first-order chi connectivity index (χ1) is 13.6. The summed E-state index contributed by atoms with van der Waals surface area (Å²) in [6, 6.07) is 9.68. The fourth-order valence-electron chi connectivity index (χ4n) is 3.01. The van der Waals surface area contributed by atoms with Gasteiger partial charge >= 0.3 is 0 Å². The van der Waals surface area contributed by atoms with Crippen LogP contribution in [0.1, 0.15) is 25.0 Å². The lowest BCUT2D eigenvalue weighted by Gasteiger charge is -2.25. The summed E-state index contributed by atoms with van der Waals surface area (Å²) in [6.45, 7) is 7.07. The summed E-state index contributed by atoms with van der Waals surface area (Å²) in [6.07, 6.45) is 0. The maximum absolute atomic E-state index is 13.5. The maximum atomic E-state index is 13.5. The molecular formula is C21H28N2O5S. The van der Waals surface area contributed by atoms with Crippen LogP contribution in [0.15, 0.2) is 41.3 Å². The number of amides is 1. The van der Waals surface area contributed by atoms with Gasteiger partial charge in [0.25, 0.3) is 10.0 Å². The van der Waals surface area contributed by atoms with Crippen molar-refractivity contribution >= 4 is 21.6 Å². The van der Waals surface area contributed by atoms with Crippen molar-refractivity contribution in [3.63, 3.8) is 0 Å². The molecule has 7 nitrogen and oxygen atoms in total. The highest BCUT2D eigenvalue weighted by molar-refractivity contribution is 7.92. The first-order valence-corrected chi connectivity index (χ1v) is 10.6. The van der Waals surface area contributed by atoms with Gasteiger partial charge < -0.3 is 14.8 Å². The molecule has 0 saturated carbocycles. The average Bonchev–Trinajstić information content (AvgIpc) is 2.63. The molecule has 0 radical (unpaired) electrons. The van der Waals surface area contributed by atoms with E-state index < -0.39 is 10.0 Å². The van der Waals surface area contributed by atoms with Crippen LogP contribution in [0, 0.1) is 13.8 Å². The van der Waals surface area contributed by atoms with E-state index in [0.29, 0.717) is 17.2 Å². The lowest BCUT2D eigenvalue weighted by Crippen LogP contribution is -2.43. The zero-order valence-corrected chi connectivity index (χ0v) is 18.5. The van der Waals surface area contributed by atoms with E-state index in [-0.39, 0.29) is 23.4 Å². The number of nitrogens with zero attached hydrogens (tertiary/aromatic N) is 1. The van der Waals surface area contributed by atoms with Crippen LogP contribution in [0.4, 0.5) is 5.69 Å². The van der Waals surface area contributed by atoms with Crippen molar-refractivity contribution in [2.75, 3.05) is 25.1 Å². The Morgan fingerprint density at radius 3 is 2.10 bits per heavy atom. The number of anilines is 1. The fourth-order valence-corrected chi connectivity index (χ4v) is 4.43. The van der Waals surface area contributed by atoms with Crippen LogP contribution in [0.25, 0.3) is 0 Å². The molecule has 0 atom stereocenters. The lowest BCUT2D eigenvalue weighted by molar-refractivity contribution is -0.120. The molecule has 2 aromatic rings. The minimum absolute atomic E-state index is 0.00616. The predicted molar refractivity (Wildman–Crippen MR) is 113 cm³/mol. The van der Waals surface area contributed by atoms with Gasteiger partial charge in [0.1, 0.15) is 6.54 Å². The van der Waals surface area contributed by atoms with Gasteiger partial charge in [0.15, 0.2) is 11.5 Å². The number of sulfonamides is 1. The van der Waals surface area contributed by atoms with Crippen LogP contribution in [-0.4, -0.2) is 41.1 Å². The number of ether oxygens (including phenoxy) is 2. The Kier molecular flexibility index (Phi) is 7.13. The highest BCUT2D eigenvalue weighted by Crippen LogP contribution is 2.32. The topological polar surface area (TPSA) is 84.9 Å². The molecule has 0 aliphatic heterocycles. The third-order valence-electron chi connectivity index (χ3n) is 4.17. The van der Waals surface area contributed by atoms with E-state index >= 15 is 0 Å². The lowest BCUT2D eigenvalue weighted by atomic mass is 10.1. The van der Waals surface area contributed by atoms with Crippen molar-refractivity contribution in [1.29, 1.82) is 0 Å². The normalized spacial score (nSPS) is 11.3. The molecule has 0 saturated heterocycles. The standard InChI is InChI=1S/C21H28N2O5S/c1-14(2)22-21(24)13-23(17-10-15(3)9-16(4)11-17)29(25,26)18-7-8-19(27-5)20(12-18)28-6/h7-12,14H,13H2,1-6H3,(H,22,24). The highest BCUT2D eigenvalue weighted by Gasteiger charge is 2.28. The monoisotopic (exact) mass is 420 g/mol. The van der Waals surface area contributed by atoms with Gasteiger partial charge in [0.2, 0.25) is 5.91 Å². The maximum Gasteiger partial charge on any atom is 0.264 e. The third-order valence-corrected chi connectivity index (χ3v) is 5.94. The van der Waals surface area contributed by atoms with E-state index in [1.807, 2.05) is 33.8 Å². The van der Waals surface area contributed by atoms with E-state index in [9.17, 15) is 13.2 Å². The summed E-state index contributed by atoms with van der Waals surface area (Å²) in [7, 11) is -1.13. The van der Waals surface area contributed by atoms with Crippen molar-refractivity contribution in [2.45, 2.75) is 38.6 Å². The molecule has 0 aromatic heterocycles. The number of carbonyl (C=O) groups excluding carboxylic acids is 1. The number of carbonyl (C=O) groups is 1. The molecule has 0 aliphatic rings. The average molecular weight is 421 g/mol. The van der Waals surface area contributed by atoms with Crippen LogP contribution in [0.5, 0.6) is 11.5 Å². The van der Waals surface area contributed by atoms with Crippen molar-refractivity contribution in [1.82, 2.24) is 5.32 Å². The van der Waals surface area contributed by atoms with Crippen molar-refractivity contribution < 1.29 is 22.7 Å². The van der Waals surface area contributed by atoms with Crippen molar-refractivity contribution in [3.05, 3.63) is 47.5 Å². The van der Waals surface area contributed by atoms with Gasteiger partial charge in [-0.15, -0.1) is 0 Å². The van der Waals surface area contributed by atoms with Gasteiger partial charge in [0.05, 0.1) is 24.8 Å². The Labute approximate surface area is 172 Å². The summed E-state index contributed by atoms with van der Waals surface area (Å²) in [5.74, 6) is 0.325. The Bertz CT molecular complexity index is 966. The van der Waals surface area contributed by atoms with Gasteiger partial charge in [-0.1, -0.05) is 6.07 Å². The summed E-state index contributed by atoms with van der Waals surface area (Å²) >= 11 is 0. The number of hydrogen-bond donors (Lipinski definition) is 1. The van der Waals surface area contributed by atoms with Gasteiger partial charge in [-0.25, -0.2) is 8.42 Å². The molecular weight excluding hydrogens is 392 g/mol. The second-order valence-corrected chi connectivity index (χ2v) is 8.96. The van der Waals surface area contributed by atoms with E-state index in [2.05, 4.69) is 5.32 Å². The molecule has 158 valence electrons. The number of hydrogen-bond acceptors (Lipinski definition) is 5. The Balaban J connectivity index is 2.58. The molecule has 8 heteroatoms. The molecule has 2 aromatic carbocycles. The number of rotatable bonds is 8. The van der Waals surface area contributed by atoms with Crippen LogP contribution < -0.4 is 19.1 Å². The van der Waals surface area contributed by atoms with Gasteiger partial charge in [-0.3, -0.25) is 9.10 Å². The quantitative estimate of drug-likeness (QED) is 0.710. The molecule has 1 N–H and O–H groups in total. The van der Waals surface area contributed by atoms with Crippen LogP contribution in [0.3, 0.4) is 0 Å². The molecule has 0 spiro atoms. The molecule has 1 amide bonds. The van der Waals surface area contributed by atoms with E-state index in [4.69, 9.17) is 9.47 Å². The molecule has 0 aliphatic carbocycles. The van der Waals surface area contributed by atoms with Crippen LogP contribution in [-0.2, 0) is 14.8 Å².